The predicted octanol–water partition coefficient (Wildman–Crippen LogP) is 10.7. The molecule has 9 aromatic rings. The lowest BCUT2D eigenvalue weighted by molar-refractivity contribution is 0.673. The van der Waals surface area contributed by atoms with Gasteiger partial charge in [-0.15, -0.1) is 0 Å². The van der Waals surface area contributed by atoms with E-state index in [-0.39, 0.29) is 0 Å². The van der Waals surface area contributed by atoms with Gasteiger partial charge in [-0.1, -0.05) is 109 Å². The van der Waals surface area contributed by atoms with E-state index < -0.39 is 0 Å². The summed E-state index contributed by atoms with van der Waals surface area (Å²) in [5.74, 6) is 1.91. The molecule has 0 radical (unpaired) electrons. The molecule has 208 valence electrons. The molecule has 4 nitrogen and oxygen atoms in total. The first-order chi connectivity index (χ1) is 22.3. The molecule has 0 unspecified atom stereocenters. The van der Waals surface area contributed by atoms with Gasteiger partial charge in [0.2, 0.25) is 0 Å². The van der Waals surface area contributed by atoms with Crippen molar-refractivity contribution in [2.45, 2.75) is 0 Å². The maximum atomic E-state index is 6.57. The van der Waals surface area contributed by atoms with E-state index >= 15 is 0 Å². The summed E-state index contributed by atoms with van der Waals surface area (Å²) in [7, 11) is 0. The van der Waals surface area contributed by atoms with Gasteiger partial charge in [0.15, 0.2) is 17.5 Å². The SMILES string of the molecule is c1ccc(-c2nc(-c3ccc4ccccc4c3)nc(-c3ccc4oc5c6cccc7c6c(cc5c4c3)-c3ccccc3-7)n2)cc1. The fourth-order valence-corrected chi connectivity index (χ4v) is 6.92. The Morgan fingerprint density at radius 3 is 1.84 bits per heavy atom. The van der Waals surface area contributed by atoms with E-state index in [4.69, 9.17) is 19.4 Å². The normalized spacial score (nSPS) is 12.0. The summed E-state index contributed by atoms with van der Waals surface area (Å²) in [6, 6.07) is 48.5. The third-order valence-corrected chi connectivity index (χ3v) is 9.03. The molecular formula is C41H23N3O. The Morgan fingerprint density at radius 1 is 0.378 bits per heavy atom. The smallest absolute Gasteiger partial charge is 0.164 e. The van der Waals surface area contributed by atoms with E-state index in [1.807, 2.05) is 36.4 Å². The Labute approximate surface area is 258 Å². The van der Waals surface area contributed by atoms with Gasteiger partial charge in [0.25, 0.3) is 0 Å². The van der Waals surface area contributed by atoms with Crippen LogP contribution in [0.15, 0.2) is 144 Å². The van der Waals surface area contributed by atoms with Crippen molar-refractivity contribution in [1.82, 2.24) is 15.0 Å². The molecule has 4 heteroatoms. The molecule has 10 rings (SSSR count). The standard InChI is InChI=1S/C41H23N3O/c1-2-10-25(11-3-1)39-42-40(27-18-17-24-9-4-5-12-26(24)21-27)44-41(43-39)28-19-20-36-33(22-28)35-23-34-30-14-7-6-13-29(30)31-15-8-16-32(37(31)34)38(35)45-36/h1-23H. The van der Waals surface area contributed by atoms with Crippen LogP contribution >= 0.6 is 0 Å². The molecule has 0 aliphatic heterocycles. The zero-order valence-electron chi connectivity index (χ0n) is 24.0. The first-order valence-electron chi connectivity index (χ1n) is 15.1. The summed E-state index contributed by atoms with van der Waals surface area (Å²) in [6.07, 6.45) is 0. The van der Waals surface area contributed by atoms with Gasteiger partial charge in [0.05, 0.1) is 0 Å². The molecule has 0 spiro atoms. The molecular weight excluding hydrogens is 550 g/mol. The minimum atomic E-state index is 0.626. The monoisotopic (exact) mass is 573 g/mol. The van der Waals surface area contributed by atoms with Crippen molar-refractivity contribution in [2.24, 2.45) is 0 Å². The van der Waals surface area contributed by atoms with Gasteiger partial charge in [-0.05, 0) is 63.4 Å². The molecule has 1 aliphatic carbocycles. The fraction of sp³-hybridized carbons (Fsp3) is 0. The largest absolute Gasteiger partial charge is 0.455 e. The number of benzene rings is 7. The van der Waals surface area contributed by atoms with Gasteiger partial charge >= 0.3 is 0 Å². The van der Waals surface area contributed by atoms with Crippen molar-refractivity contribution in [3.05, 3.63) is 140 Å². The molecule has 0 amide bonds. The van der Waals surface area contributed by atoms with Crippen molar-refractivity contribution in [2.75, 3.05) is 0 Å². The average molecular weight is 574 g/mol. The van der Waals surface area contributed by atoms with Crippen molar-refractivity contribution >= 4 is 43.5 Å². The Bertz CT molecular complexity index is 2650. The Balaban J connectivity index is 1.20. The molecule has 0 atom stereocenters. The maximum Gasteiger partial charge on any atom is 0.164 e. The minimum Gasteiger partial charge on any atom is -0.455 e. The number of rotatable bonds is 3. The summed E-state index contributed by atoms with van der Waals surface area (Å²) in [5.41, 5.74) is 9.62. The van der Waals surface area contributed by atoms with Crippen LogP contribution in [0.1, 0.15) is 0 Å². The van der Waals surface area contributed by atoms with Gasteiger partial charge < -0.3 is 4.42 Å². The number of furan rings is 1. The second kappa shape index (κ2) is 9.18. The van der Waals surface area contributed by atoms with Crippen LogP contribution in [0.5, 0.6) is 0 Å². The van der Waals surface area contributed by atoms with E-state index in [9.17, 15) is 0 Å². The topological polar surface area (TPSA) is 51.8 Å². The number of fused-ring (bicyclic) bond motifs is 8. The van der Waals surface area contributed by atoms with Gasteiger partial charge in [-0.2, -0.15) is 0 Å². The van der Waals surface area contributed by atoms with Crippen LogP contribution in [-0.2, 0) is 0 Å². The molecule has 2 heterocycles. The third kappa shape index (κ3) is 3.63. The lowest BCUT2D eigenvalue weighted by Gasteiger charge is -2.09. The van der Waals surface area contributed by atoms with Crippen molar-refractivity contribution in [3.8, 4) is 56.4 Å². The zero-order chi connectivity index (χ0) is 29.5. The van der Waals surface area contributed by atoms with E-state index in [2.05, 4.69) is 103 Å². The highest BCUT2D eigenvalue weighted by atomic mass is 16.3. The highest BCUT2D eigenvalue weighted by molar-refractivity contribution is 6.26. The van der Waals surface area contributed by atoms with Crippen LogP contribution < -0.4 is 0 Å². The average Bonchev–Trinajstić information content (AvgIpc) is 3.65. The Kier molecular flexibility index (Phi) is 4.96. The molecule has 0 bridgehead atoms. The second-order valence-corrected chi connectivity index (χ2v) is 11.6. The molecule has 0 saturated heterocycles. The maximum absolute atomic E-state index is 6.57. The fourth-order valence-electron chi connectivity index (χ4n) is 6.92. The number of hydrogen-bond acceptors (Lipinski definition) is 4. The number of nitrogens with zero attached hydrogens (tertiary/aromatic N) is 3. The Hall–Kier alpha value is -6.13. The van der Waals surface area contributed by atoms with E-state index in [1.54, 1.807) is 0 Å². The molecule has 7 aromatic carbocycles. The summed E-state index contributed by atoms with van der Waals surface area (Å²) in [6.45, 7) is 0. The predicted molar refractivity (Wildman–Crippen MR) is 183 cm³/mol. The van der Waals surface area contributed by atoms with Gasteiger partial charge in [0.1, 0.15) is 11.2 Å². The van der Waals surface area contributed by atoms with Gasteiger partial charge in [0, 0.05) is 38.2 Å². The van der Waals surface area contributed by atoms with Crippen LogP contribution in [0.3, 0.4) is 0 Å². The summed E-state index contributed by atoms with van der Waals surface area (Å²) in [4.78, 5) is 15.0. The molecule has 45 heavy (non-hydrogen) atoms. The van der Waals surface area contributed by atoms with Crippen molar-refractivity contribution in [1.29, 1.82) is 0 Å². The third-order valence-electron chi connectivity index (χ3n) is 9.03. The molecule has 0 fully saturated rings. The van der Waals surface area contributed by atoms with Crippen LogP contribution in [0.2, 0.25) is 0 Å². The van der Waals surface area contributed by atoms with Gasteiger partial charge in [-0.25, -0.2) is 15.0 Å². The van der Waals surface area contributed by atoms with Crippen molar-refractivity contribution < 1.29 is 4.42 Å². The van der Waals surface area contributed by atoms with Gasteiger partial charge in [-0.3, -0.25) is 0 Å². The highest BCUT2D eigenvalue weighted by Crippen LogP contribution is 2.50. The molecule has 1 aliphatic rings. The molecule has 2 aromatic heterocycles. The van der Waals surface area contributed by atoms with E-state index in [0.29, 0.717) is 17.5 Å². The van der Waals surface area contributed by atoms with Crippen LogP contribution in [-0.4, -0.2) is 15.0 Å². The first kappa shape index (κ1) is 24.3. The summed E-state index contributed by atoms with van der Waals surface area (Å²) in [5, 5.41) is 6.87. The summed E-state index contributed by atoms with van der Waals surface area (Å²) >= 11 is 0. The lowest BCUT2D eigenvalue weighted by Crippen LogP contribution is -2.00. The van der Waals surface area contributed by atoms with Crippen molar-refractivity contribution in [3.63, 3.8) is 0 Å². The quantitative estimate of drug-likeness (QED) is 0.211. The number of aromatic nitrogens is 3. The van der Waals surface area contributed by atoms with Crippen LogP contribution in [0.4, 0.5) is 0 Å². The number of hydrogen-bond donors (Lipinski definition) is 0. The van der Waals surface area contributed by atoms with E-state index in [0.717, 1.165) is 49.4 Å². The lowest BCUT2D eigenvalue weighted by atomic mass is 9.99. The van der Waals surface area contributed by atoms with Crippen LogP contribution in [0, 0.1) is 0 Å². The molecule has 0 saturated carbocycles. The van der Waals surface area contributed by atoms with Crippen LogP contribution in [0.25, 0.3) is 99.9 Å². The summed E-state index contributed by atoms with van der Waals surface area (Å²) < 4.78 is 6.57. The Morgan fingerprint density at radius 2 is 1.02 bits per heavy atom. The second-order valence-electron chi connectivity index (χ2n) is 11.6. The minimum absolute atomic E-state index is 0.626. The first-order valence-corrected chi connectivity index (χ1v) is 15.1. The van der Waals surface area contributed by atoms with E-state index in [1.165, 1.54) is 33.0 Å². The zero-order valence-corrected chi connectivity index (χ0v) is 24.0. The highest BCUT2D eigenvalue weighted by Gasteiger charge is 2.24. The molecule has 0 N–H and O–H groups in total.